The van der Waals surface area contributed by atoms with Crippen LogP contribution in [-0.2, 0) is 4.74 Å². The fourth-order valence-corrected chi connectivity index (χ4v) is 1.01. The van der Waals surface area contributed by atoms with Crippen molar-refractivity contribution in [3.8, 4) is 0 Å². The van der Waals surface area contributed by atoms with E-state index in [-0.39, 0.29) is 12.0 Å². The summed E-state index contributed by atoms with van der Waals surface area (Å²) in [6.07, 6.45) is 0. The molecule has 54 valence electrons. The Morgan fingerprint density at radius 2 is 2.33 bits per heavy atom. The Hall–Kier alpha value is -0.120. The van der Waals surface area contributed by atoms with E-state index in [4.69, 9.17) is 9.84 Å². The highest BCUT2D eigenvalue weighted by atomic mass is 16.5. The highest BCUT2D eigenvalue weighted by molar-refractivity contribution is 4.86. The van der Waals surface area contributed by atoms with Crippen LogP contribution in [0.25, 0.3) is 0 Å². The lowest BCUT2D eigenvalue weighted by Crippen LogP contribution is -2.51. The van der Waals surface area contributed by atoms with Crippen molar-refractivity contribution in [3.05, 3.63) is 0 Å². The molecule has 2 N–H and O–H groups in total. The number of ether oxygens (including phenoxy) is 1. The lowest BCUT2D eigenvalue weighted by molar-refractivity contribution is -0.133. The third-order valence-corrected chi connectivity index (χ3v) is 1.70. The molecule has 0 amide bonds. The summed E-state index contributed by atoms with van der Waals surface area (Å²) in [6.45, 7) is 2.48. The van der Waals surface area contributed by atoms with Crippen molar-refractivity contribution in [2.45, 2.75) is 0 Å². The summed E-state index contributed by atoms with van der Waals surface area (Å²) < 4.78 is 4.98. The first-order valence-corrected chi connectivity index (χ1v) is 3.16. The summed E-state index contributed by atoms with van der Waals surface area (Å²) in [6, 6.07) is 0. The fourth-order valence-electron chi connectivity index (χ4n) is 1.01. The maximum Gasteiger partial charge on any atom is 0.0579 e. The molecule has 0 atom stereocenters. The quantitative estimate of drug-likeness (QED) is 0.527. The number of aliphatic hydroxyl groups is 1. The Morgan fingerprint density at radius 3 is 2.44 bits per heavy atom. The summed E-state index contributed by atoms with van der Waals surface area (Å²) in [7, 11) is 1.88. The van der Waals surface area contributed by atoms with E-state index in [9.17, 15) is 0 Å². The van der Waals surface area contributed by atoms with Crippen LogP contribution in [0.2, 0.25) is 0 Å². The predicted molar refractivity (Wildman–Crippen MR) is 34.3 cm³/mol. The summed E-state index contributed by atoms with van der Waals surface area (Å²) in [4.78, 5) is 0. The zero-order valence-electron chi connectivity index (χ0n) is 5.68. The first-order chi connectivity index (χ1) is 4.33. The van der Waals surface area contributed by atoms with Gasteiger partial charge in [-0.2, -0.15) is 0 Å². The molecule has 0 spiro atoms. The van der Waals surface area contributed by atoms with E-state index in [2.05, 4.69) is 5.32 Å². The maximum atomic E-state index is 8.85. The molecule has 0 saturated carbocycles. The molecule has 0 bridgehead atoms. The molecular formula is C6H13NO2. The van der Waals surface area contributed by atoms with Crippen LogP contribution < -0.4 is 5.32 Å². The molecule has 3 heteroatoms. The second-order valence-electron chi connectivity index (χ2n) is 2.68. The molecule has 0 aromatic rings. The van der Waals surface area contributed by atoms with Gasteiger partial charge in [0.2, 0.25) is 0 Å². The zero-order valence-corrected chi connectivity index (χ0v) is 5.68. The van der Waals surface area contributed by atoms with E-state index in [0.29, 0.717) is 13.2 Å². The second kappa shape index (κ2) is 2.64. The summed E-state index contributed by atoms with van der Waals surface area (Å²) in [5.41, 5.74) is 0.0365. The van der Waals surface area contributed by atoms with Gasteiger partial charge in [-0.3, -0.25) is 0 Å². The molecule has 1 rings (SSSR count). The van der Waals surface area contributed by atoms with Gasteiger partial charge in [0.25, 0.3) is 0 Å². The molecule has 1 heterocycles. The van der Waals surface area contributed by atoms with Crippen molar-refractivity contribution in [2.24, 2.45) is 5.41 Å². The van der Waals surface area contributed by atoms with E-state index >= 15 is 0 Å². The normalized spacial score (nSPS) is 23.3. The Kier molecular flexibility index (Phi) is 2.05. The van der Waals surface area contributed by atoms with Crippen LogP contribution in [0.5, 0.6) is 0 Å². The third-order valence-electron chi connectivity index (χ3n) is 1.70. The Morgan fingerprint density at radius 1 is 1.67 bits per heavy atom. The first kappa shape index (κ1) is 6.99. The molecule has 3 nitrogen and oxygen atoms in total. The molecule has 9 heavy (non-hydrogen) atoms. The van der Waals surface area contributed by atoms with Crippen molar-refractivity contribution in [3.63, 3.8) is 0 Å². The van der Waals surface area contributed by atoms with Crippen LogP contribution in [0.15, 0.2) is 0 Å². The van der Waals surface area contributed by atoms with Crippen molar-refractivity contribution in [1.82, 2.24) is 5.32 Å². The summed E-state index contributed by atoms with van der Waals surface area (Å²) in [5.74, 6) is 0. The van der Waals surface area contributed by atoms with Gasteiger partial charge in [-0.15, -0.1) is 0 Å². The molecular weight excluding hydrogens is 118 g/mol. The van der Waals surface area contributed by atoms with Gasteiger partial charge < -0.3 is 15.2 Å². The number of nitrogens with one attached hydrogen (secondary N) is 1. The van der Waals surface area contributed by atoms with Gasteiger partial charge in [0.15, 0.2) is 0 Å². The fraction of sp³-hybridized carbons (Fsp3) is 1.00. The van der Waals surface area contributed by atoms with Crippen LogP contribution >= 0.6 is 0 Å². The van der Waals surface area contributed by atoms with E-state index < -0.39 is 0 Å². The van der Waals surface area contributed by atoms with Crippen LogP contribution in [-0.4, -0.2) is 38.5 Å². The van der Waals surface area contributed by atoms with Crippen LogP contribution in [0, 0.1) is 5.41 Å². The lowest BCUT2D eigenvalue weighted by Gasteiger charge is -2.39. The van der Waals surface area contributed by atoms with Gasteiger partial charge in [0, 0.05) is 6.54 Å². The van der Waals surface area contributed by atoms with Gasteiger partial charge in [-0.25, -0.2) is 0 Å². The number of hydrogen-bond donors (Lipinski definition) is 2. The Bertz CT molecular complexity index is 85.5. The number of hydrogen-bond acceptors (Lipinski definition) is 3. The summed E-state index contributed by atoms with van der Waals surface area (Å²) in [5, 5.41) is 11.9. The standard InChI is InChI=1S/C6H13NO2/c1-7-2-6(3-8)4-9-5-6/h7-8H,2-5H2,1H3. The average Bonchev–Trinajstić information content (AvgIpc) is 1.79. The van der Waals surface area contributed by atoms with E-state index in [1.54, 1.807) is 0 Å². The molecule has 1 aliphatic rings. The molecule has 0 unspecified atom stereocenters. The first-order valence-electron chi connectivity index (χ1n) is 3.16. The van der Waals surface area contributed by atoms with Crippen LogP contribution in [0.3, 0.4) is 0 Å². The average molecular weight is 131 g/mol. The highest BCUT2D eigenvalue weighted by Crippen LogP contribution is 2.25. The van der Waals surface area contributed by atoms with Crippen molar-refractivity contribution in [2.75, 3.05) is 33.4 Å². The van der Waals surface area contributed by atoms with Gasteiger partial charge in [-0.05, 0) is 7.05 Å². The van der Waals surface area contributed by atoms with E-state index in [0.717, 1.165) is 6.54 Å². The Labute approximate surface area is 55.0 Å². The molecule has 0 radical (unpaired) electrons. The minimum Gasteiger partial charge on any atom is -0.396 e. The molecule has 1 aliphatic heterocycles. The minimum absolute atomic E-state index is 0.0365. The molecule has 0 aromatic heterocycles. The topological polar surface area (TPSA) is 41.5 Å². The zero-order chi connectivity index (χ0) is 6.74. The van der Waals surface area contributed by atoms with Crippen molar-refractivity contribution < 1.29 is 9.84 Å². The molecule has 1 saturated heterocycles. The van der Waals surface area contributed by atoms with E-state index in [1.807, 2.05) is 7.05 Å². The Balaban J connectivity index is 2.28. The minimum atomic E-state index is 0.0365. The number of aliphatic hydroxyl groups excluding tert-OH is 1. The van der Waals surface area contributed by atoms with Crippen molar-refractivity contribution in [1.29, 1.82) is 0 Å². The van der Waals surface area contributed by atoms with Gasteiger partial charge in [0.1, 0.15) is 0 Å². The van der Waals surface area contributed by atoms with Crippen LogP contribution in [0.1, 0.15) is 0 Å². The maximum absolute atomic E-state index is 8.85. The molecule has 0 aromatic carbocycles. The lowest BCUT2D eigenvalue weighted by atomic mass is 9.87. The summed E-state index contributed by atoms with van der Waals surface area (Å²) >= 11 is 0. The monoisotopic (exact) mass is 131 g/mol. The molecule has 0 aliphatic carbocycles. The van der Waals surface area contributed by atoms with Crippen molar-refractivity contribution >= 4 is 0 Å². The third kappa shape index (κ3) is 1.23. The smallest absolute Gasteiger partial charge is 0.0579 e. The molecule has 1 fully saturated rings. The largest absolute Gasteiger partial charge is 0.396 e. The van der Waals surface area contributed by atoms with Gasteiger partial charge in [-0.1, -0.05) is 0 Å². The number of rotatable bonds is 3. The predicted octanol–water partition coefficient (Wildman–Crippen LogP) is -0.785. The highest BCUT2D eigenvalue weighted by Gasteiger charge is 2.36. The second-order valence-corrected chi connectivity index (χ2v) is 2.68. The van der Waals surface area contributed by atoms with E-state index in [1.165, 1.54) is 0 Å². The van der Waals surface area contributed by atoms with Gasteiger partial charge >= 0.3 is 0 Å². The van der Waals surface area contributed by atoms with Crippen LogP contribution in [0.4, 0.5) is 0 Å². The SMILES string of the molecule is CNCC1(CO)COC1. The van der Waals surface area contributed by atoms with Gasteiger partial charge in [0.05, 0.1) is 25.2 Å².